The predicted octanol–water partition coefficient (Wildman–Crippen LogP) is 3.48. The van der Waals surface area contributed by atoms with E-state index in [0.29, 0.717) is 0 Å². The van der Waals surface area contributed by atoms with Crippen molar-refractivity contribution in [2.75, 3.05) is 0 Å². The Bertz CT molecular complexity index is 261. The molecular formula is C8H15Cl2FO4S. The van der Waals surface area contributed by atoms with Crippen molar-refractivity contribution in [3.8, 4) is 0 Å². The SMILES string of the molecule is CCCCCCCC(=O)OF.O=S(=O)(Cl)Cl. The third-order valence-electron chi connectivity index (χ3n) is 1.57. The van der Waals surface area contributed by atoms with Crippen molar-refractivity contribution in [1.29, 1.82) is 0 Å². The molecule has 0 atom stereocenters. The maximum Gasteiger partial charge on any atom is 0.348 e. The molecule has 98 valence electrons. The first-order chi connectivity index (χ1) is 7.31. The molecular weight excluding hydrogens is 282 g/mol. The molecule has 0 unspecified atom stereocenters. The van der Waals surface area contributed by atoms with Gasteiger partial charge in [0.1, 0.15) is 0 Å². The Morgan fingerprint density at radius 1 is 1.19 bits per heavy atom. The number of carbonyl (C=O) groups is 1. The van der Waals surface area contributed by atoms with Crippen LogP contribution < -0.4 is 0 Å². The summed E-state index contributed by atoms with van der Waals surface area (Å²) in [5.74, 6) is -0.749. The Morgan fingerprint density at radius 2 is 1.62 bits per heavy atom. The van der Waals surface area contributed by atoms with Crippen LogP contribution in [0.25, 0.3) is 0 Å². The molecule has 8 heteroatoms. The van der Waals surface area contributed by atoms with E-state index in [0.717, 1.165) is 19.3 Å². The van der Waals surface area contributed by atoms with Crippen LogP contribution in [0.1, 0.15) is 45.4 Å². The molecule has 0 amide bonds. The second-order valence-electron chi connectivity index (χ2n) is 2.99. The number of hydrogen-bond acceptors (Lipinski definition) is 4. The van der Waals surface area contributed by atoms with Crippen molar-refractivity contribution in [1.82, 2.24) is 0 Å². The fraction of sp³-hybridized carbons (Fsp3) is 0.875. The largest absolute Gasteiger partial charge is 0.348 e. The minimum atomic E-state index is -3.72. The monoisotopic (exact) mass is 296 g/mol. The molecule has 0 radical (unpaired) electrons. The van der Waals surface area contributed by atoms with Gasteiger partial charge in [0.05, 0.1) is 0 Å². The highest BCUT2D eigenvalue weighted by atomic mass is 36.0. The summed E-state index contributed by atoms with van der Waals surface area (Å²) in [6.45, 7) is 2.12. The minimum absolute atomic E-state index is 0.209. The molecule has 0 aliphatic carbocycles. The van der Waals surface area contributed by atoms with Crippen molar-refractivity contribution < 1.29 is 22.7 Å². The first-order valence-electron chi connectivity index (χ1n) is 4.77. The van der Waals surface area contributed by atoms with Crippen molar-refractivity contribution in [3.63, 3.8) is 0 Å². The van der Waals surface area contributed by atoms with Crippen molar-refractivity contribution in [2.45, 2.75) is 45.4 Å². The second kappa shape index (κ2) is 11.4. The summed E-state index contributed by atoms with van der Waals surface area (Å²) >= 11 is 0. The molecule has 0 aromatic rings. The average molecular weight is 297 g/mol. The maximum absolute atomic E-state index is 11.1. The fourth-order valence-corrected chi connectivity index (χ4v) is 0.911. The van der Waals surface area contributed by atoms with E-state index >= 15 is 0 Å². The summed E-state index contributed by atoms with van der Waals surface area (Å²) in [4.78, 5) is 13.3. The third-order valence-corrected chi connectivity index (χ3v) is 1.57. The average Bonchev–Trinajstić information content (AvgIpc) is 2.14. The zero-order chi connectivity index (χ0) is 13.0. The second-order valence-corrected chi connectivity index (χ2v) is 6.66. The number of hydrogen-bond donors (Lipinski definition) is 0. The lowest BCUT2D eigenvalue weighted by molar-refractivity contribution is -0.183. The molecule has 0 bridgehead atoms. The summed E-state index contributed by atoms with van der Waals surface area (Å²) in [5.41, 5.74) is 0. The van der Waals surface area contributed by atoms with Gasteiger partial charge in [0.15, 0.2) is 0 Å². The van der Waals surface area contributed by atoms with Gasteiger partial charge in [0.2, 0.25) is 0 Å². The van der Waals surface area contributed by atoms with Crippen LogP contribution in [-0.2, 0) is 18.0 Å². The van der Waals surface area contributed by atoms with Crippen LogP contribution in [0.2, 0.25) is 0 Å². The maximum atomic E-state index is 11.1. The van der Waals surface area contributed by atoms with Crippen molar-refractivity contribution in [2.24, 2.45) is 0 Å². The molecule has 0 aromatic heterocycles. The van der Waals surface area contributed by atoms with Crippen LogP contribution in [0.15, 0.2) is 0 Å². The number of halogens is 3. The summed E-state index contributed by atoms with van der Waals surface area (Å²) in [5, 5.41) is 0. The summed E-state index contributed by atoms with van der Waals surface area (Å²) < 4.78 is 29.4. The topological polar surface area (TPSA) is 60.4 Å². The molecule has 0 saturated carbocycles. The van der Waals surface area contributed by atoms with E-state index in [4.69, 9.17) is 8.42 Å². The Kier molecular flexibility index (Phi) is 13.1. The van der Waals surface area contributed by atoms with E-state index < -0.39 is 14.2 Å². The Balaban J connectivity index is 0. The fourth-order valence-electron chi connectivity index (χ4n) is 0.911. The molecule has 0 aliphatic heterocycles. The minimum Gasteiger partial charge on any atom is -0.255 e. The van der Waals surface area contributed by atoms with Gasteiger partial charge in [-0.05, 0) is 6.42 Å². The molecule has 0 aliphatic rings. The van der Waals surface area contributed by atoms with Gasteiger partial charge in [-0.3, -0.25) is 4.94 Å². The quantitative estimate of drug-likeness (QED) is 0.556. The van der Waals surface area contributed by atoms with E-state index in [1.54, 1.807) is 0 Å². The predicted molar refractivity (Wildman–Crippen MR) is 61.2 cm³/mol. The van der Waals surface area contributed by atoms with Crippen molar-refractivity contribution in [3.05, 3.63) is 0 Å². The van der Waals surface area contributed by atoms with Crippen molar-refractivity contribution >= 4 is 35.6 Å². The molecule has 16 heavy (non-hydrogen) atoms. The van der Waals surface area contributed by atoms with Crippen LogP contribution in [0.4, 0.5) is 4.53 Å². The number of rotatable bonds is 6. The van der Waals surface area contributed by atoms with E-state index in [1.165, 1.54) is 12.8 Å². The molecule has 0 heterocycles. The zero-order valence-electron chi connectivity index (χ0n) is 8.92. The van der Waals surface area contributed by atoms with Gasteiger partial charge < -0.3 is 0 Å². The lowest BCUT2D eigenvalue weighted by atomic mass is 10.1. The highest BCUT2D eigenvalue weighted by Gasteiger charge is 2.00. The molecule has 0 rings (SSSR count). The van der Waals surface area contributed by atoms with E-state index in [2.05, 4.69) is 33.2 Å². The Hall–Kier alpha value is -0.0700. The lowest BCUT2D eigenvalue weighted by Crippen LogP contribution is -1.96. The molecule has 0 saturated heterocycles. The first-order valence-corrected chi connectivity index (χ1v) is 7.90. The van der Waals surface area contributed by atoms with Crippen LogP contribution in [0.5, 0.6) is 0 Å². The number of unbranched alkanes of at least 4 members (excludes halogenated alkanes) is 4. The van der Waals surface area contributed by atoms with Gasteiger partial charge in [-0.25, -0.2) is 4.79 Å². The third kappa shape index (κ3) is 29.2. The van der Waals surface area contributed by atoms with Gasteiger partial charge in [0, 0.05) is 32.3 Å². The molecule has 0 N–H and O–H groups in total. The Labute approximate surface area is 104 Å². The summed E-state index contributed by atoms with van der Waals surface area (Å²) in [6.07, 6.45) is 5.42. The van der Waals surface area contributed by atoms with Gasteiger partial charge in [0.25, 0.3) is 0 Å². The van der Waals surface area contributed by atoms with Crippen LogP contribution in [0, 0.1) is 0 Å². The van der Waals surface area contributed by atoms with Crippen LogP contribution >= 0.6 is 21.4 Å². The molecule has 0 aromatic carbocycles. The van der Waals surface area contributed by atoms with Gasteiger partial charge >= 0.3 is 14.2 Å². The molecule has 4 nitrogen and oxygen atoms in total. The lowest BCUT2D eigenvalue weighted by Gasteiger charge is -1.96. The highest BCUT2D eigenvalue weighted by molar-refractivity contribution is 8.31. The Morgan fingerprint density at radius 3 is 2.00 bits per heavy atom. The van der Waals surface area contributed by atoms with E-state index in [1.807, 2.05) is 0 Å². The standard InChI is InChI=1S/C8H15FO2.Cl2O2S/c1-2-3-4-5-6-7-8(10)11-9;1-5(2,3)4/h2-7H2,1H3;. The normalized spacial score (nSPS) is 10.2. The van der Waals surface area contributed by atoms with Crippen LogP contribution in [-0.4, -0.2) is 14.4 Å². The van der Waals surface area contributed by atoms with E-state index in [-0.39, 0.29) is 6.42 Å². The summed E-state index contributed by atoms with van der Waals surface area (Å²) in [7, 11) is 4.81. The van der Waals surface area contributed by atoms with Gasteiger partial charge in [-0.15, -0.1) is 0 Å². The summed E-state index contributed by atoms with van der Waals surface area (Å²) in [6, 6.07) is 0. The van der Waals surface area contributed by atoms with Gasteiger partial charge in [-0.2, -0.15) is 8.42 Å². The first kappa shape index (κ1) is 18.3. The van der Waals surface area contributed by atoms with Gasteiger partial charge in [-0.1, -0.05) is 32.6 Å². The highest BCUT2D eigenvalue weighted by Crippen LogP contribution is 2.05. The van der Waals surface area contributed by atoms with E-state index in [9.17, 15) is 9.32 Å². The van der Waals surface area contributed by atoms with Crippen LogP contribution in [0.3, 0.4) is 0 Å². The molecule has 0 fully saturated rings. The zero-order valence-corrected chi connectivity index (χ0v) is 11.2. The molecule has 0 spiro atoms. The smallest absolute Gasteiger partial charge is 0.255 e. The number of carbonyl (C=O) groups excluding carboxylic acids is 1.